The van der Waals surface area contributed by atoms with Crippen molar-refractivity contribution in [1.29, 1.82) is 0 Å². The second-order valence-corrected chi connectivity index (χ2v) is 18.3. The summed E-state index contributed by atoms with van der Waals surface area (Å²) in [5.74, 6) is 0.580. The van der Waals surface area contributed by atoms with Gasteiger partial charge in [-0.3, -0.25) is 0 Å². The van der Waals surface area contributed by atoms with E-state index in [0.29, 0.717) is 5.92 Å². The van der Waals surface area contributed by atoms with Crippen molar-refractivity contribution >= 4 is 49.6 Å². The lowest BCUT2D eigenvalue weighted by Crippen LogP contribution is -2.17. The van der Waals surface area contributed by atoms with Crippen LogP contribution in [0.25, 0.3) is 71.6 Å². The van der Waals surface area contributed by atoms with Gasteiger partial charge in [-0.25, -0.2) is 0 Å². The SMILES string of the molecule is CC1(C)c2ccccc2-c2ccc(N(c3ccccc3-c3ccc4c(c3)c3ccccc3n4-c3ccccc3)c3ccccc3-c3cccc4cccc(C5CCCCC5)c34)cc21. The maximum atomic E-state index is 2.56. The molecule has 1 heterocycles. The van der Waals surface area contributed by atoms with E-state index in [9.17, 15) is 0 Å². The molecule has 0 N–H and O–H groups in total. The normalized spacial score (nSPS) is 14.6. The van der Waals surface area contributed by atoms with Crippen LogP contribution >= 0.6 is 0 Å². The van der Waals surface area contributed by atoms with Gasteiger partial charge in [0.2, 0.25) is 0 Å². The maximum absolute atomic E-state index is 2.56. The summed E-state index contributed by atoms with van der Waals surface area (Å²) in [5, 5.41) is 5.22. The molecule has 0 unspecified atom stereocenters. The van der Waals surface area contributed by atoms with E-state index in [1.165, 1.54) is 126 Å². The zero-order chi connectivity index (χ0) is 42.1. The number of para-hydroxylation sites is 4. The largest absolute Gasteiger partial charge is 0.309 e. The Hall–Kier alpha value is -7.16. The third kappa shape index (κ3) is 6.07. The molecule has 12 rings (SSSR count). The van der Waals surface area contributed by atoms with Crippen molar-refractivity contribution in [1.82, 2.24) is 4.57 Å². The van der Waals surface area contributed by atoms with Gasteiger partial charge in [0.25, 0.3) is 0 Å². The van der Waals surface area contributed by atoms with E-state index < -0.39 is 0 Å². The predicted octanol–water partition coefficient (Wildman–Crippen LogP) is 17.1. The Kier molecular flexibility index (Phi) is 8.97. The van der Waals surface area contributed by atoms with Crippen molar-refractivity contribution < 1.29 is 0 Å². The third-order valence-electron chi connectivity index (χ3n) is 14.4. The summed E-state index contributed by atoms with van der Waals surface area (Å²) < 4.78 is 2.40. The zero-order valence-corrected chi connectivity index (χ0v) is 36.1. The van der Waals surface area contributed by atoms with E-state index in [0.717, 1.165) is 11.4 Å². The molecule has 10 aromatic rings. The summed E-state index contributed by atoms with van der Waals surface area (Å²) in [6, 6.07) is 75.0. The fourth-order valence-electron chi connectivity index (χ4n) is 11.4. The first-order chi connectivity index (χ1) is 31.0. The van der Waals surface area contributed by atoms with Crippen molar-refractivity contribution in [2.75, 3.05) is 4.90 Å². The molecule has 2 heteroatoms. The van der Waals surface area contributed by atoms with Gasteiger partial charge in [-0.2, -0.15) is 0 Å². The molecule has 2 aliphatic rings. The molecule has 0 spiro atoms. The van der Waals surface area contributed by atoms with Crippen LogP contribution in [-0.2, 0) is 5.41 Å². The molecular formula is C61H50N2. The van der Waals surface area contributed by atoms with Crippen molar-refractivity contribution in [3.8, 4) is 39.1 Å². The average molecular weight is 811 g/mol. The van der Waals surface area contributed by atoms with Gasteiger partial charge >= 0.3 is 0 Å². The minimum Gasteiger partial charge on any atom is -0.309 e. The van der Waals surface area contributed by atoms with Gasteiger partial charge in [0, 0.05) is 38.7 Å². The van der Waals surface area contributed by atoms with Crippen LogP contribution in [0.2, 0.25) is 0 Å². The third-order valence-corrected chi connectivity index (χ3v) is 14.4. The Balaban J connectivity index is 1.10. The summed E-state index contributed by atoms with van der Waals surface area (Å²) in [6.07, 6.45) is 6.48. The smallest absolute Gasteiger partial charge is 0.0541 e. The first-order valence-electron chi connectivity index (χ1n) is 22.9. The summed E-state index contributed by atoms with van der Waals surface area (Å²) >= 11 is 0. The number of anilines is 3. The van der Waals surface area contributed by atoms with Gasteiger partial charge in [0.05, 0.1) is 22.4 Å². The predicted molar refractivity (Wildman–Crippen MR) is 267 cm³/mol. The maximum Gasteiger partial charge on any atom is 0.0541 e. The fraction of sp³-hybridized carbons (Fsp3) is 0.148. The van der Waals surface area contributed by atoms with Gasteiger partial charge < -0.3 is 9.47 Å². The molecule has 0 saturated heterocycles. The molecule has 2 aliphatic carbocycles. The van der Waals surface area contributed by atoms with Crippen molar-refractivity contribution in [2.45, 2.75) is 57.3 Å². The molecule has 304 valence electrons. The van der Waals surface area contributed by atoms with E-state index in [4.69, 9.17) is 0 Å². The van der Waals surface area contributed by atoms with Crippen LogP contribution in [0, 0.1) is 0 Å². The van der Waals surface area contributed by atoms with Crippen LogP contribution < -0.4 is 4.90 Å². The Morgan fingerprint density at radius 1 is 0.460 bits per heavy atom. The number of benzene rings is 9. The van der Waals surface area contributed by atoms with E-state index in [-0.39, 0.29) is 5.41 Å². The Bertz CT molecular complexity index is 3360. The quantitative estimate of drug-likeness (QED) is 0.156. The summed E-state index contributed by atoms with van der Waals surface area (Å²) in [5.41, 5.74) is 18.8. The lowest BCUT2D eigenvalue weighted by atomic mass is 9.80. The average Bonchev–Trinajstić information content (AvgIpc) is 3.79. The molecule has 0 bridgehead atoms. The second kappa shape index (κ2) is 15.0. The monoisotopic (exact) mass is 810 g/mol. The van der Waals surface area contributed by atoms with Crippen molar-refractivity contribution in [2.24, 2.45) is 0 Å². The molecule has 0 aliphatic heterocycles. The number of hydrogen-bond acceptors (Lipinski definition) is 1. The molecule has 0 radical (unpaired) electrons. The molecule has 0 amide bonds. The van der Waals surface area contributed by atoms with Crippen LogP contribution in [0.1, 0.15) is 68.6 Å². The van der Waals surface area contributed by atoms with Crippen molar-refractivity contribution in [3.63, 3.8) is 0 Å². The van der Waals surface area contributed by atoms with Crippen LogP contribution in [0.15, 0.2) is 200 Å². The van der Waals surface area contributed by atoms with Crippen LogP contribution in [-0.4, -0.2) is 4.57 Å². The highest BCUT2D eigenvalue weighted by atomic mass is 15.1. The van der Waals surface area contributed by atoms with Crippen LogP contribution in [0.3, 0.4) is 0 Å². The Labute approximate surface area is 370 Å². The van der Waals surface area contributed by atoms with Crippen LogP contribution in [0.4, 0.5) is 17.1 Å². The lowest BCUT2D eigenvalue weighted by molar-refractivity contribution is 0.445. The molecule has 63 heavy (non-hydrogen) atoms. The Morgan fingerprint density at radius 3 is 1.92 bits per heavy atom. The number of nitrogens with zero attached hydrogens (tertiary/aromatic N) is 2. The summed E-state index contributed by atoms with van der Waals surface area (Å²) in [7, 11) is 0. The van der Waals surface area contributed by atoms with Gasteiger partial charge in [0.1, 0.15) is 0 Å². The number of aromatic nitrogens is 1. The first kappa shape index (κ1) is 37.6. The summed E-state index contributed by atoms with van der Waals surface area (Å²) in [4.78, 5) is 2.56. The van der Waals surface area contributed by atoms with E-state index >= 15 is 0 Å². The highest BCUT2D eigenvalue weighted by Crippen LogP contribution is 2.53. The van der Waals surface area contributed by atoms with Crippen molar-refractivity contribution in [3.05, 3.63) is 217 Å². The lowest BCUT2D eigenvalue weighted by Gasteiger charge is -2.32. The van der Waals surface area contributed by atoms with Gasteiger partial charge in [-0.1, -0.05) is 179 Å². The molecule has 1 saturated carbocycles. The standard InChI is InChI=1S/C61H50N2/c1-61(2)54-31-13-9-26-48(54)49-37-36-45(40-55(49)61)63(57-33-15-11-27-50(57)52-30-18-22-42-21-17-29-47(60(42)52)41-19-5-3-6-20-41)56-32-14-10-25-46(56)43-35-38-59-53(39-43)51-28-12-16-34-58(51)62(59)44-23-7-4-8-24-44/h4,7-18,21-41H,3,5-6,19-20H2,1-2H3. The highest BCUT2D eigenvalue weighted by Gasteiger charge is 2.36. The number of hydrogen-bond donors (Lipinski definition) is 0. The second-order valence-electron chi connectivity index (χ2n) is 18.3. The zero-order valence-electron chi connectivity index (χ0n) is 36.1. The topological polar surface area (TPSA) is 8.17 Å². The molecule has 2 nitrogen and oxygen atoms in total. The van der Waals surface area contributed by atoms with Gasteiger partial charge in [-0.15, -0.1) is 0 Å². The number of rotatable bonds is 7. The molecular weight excluding hydrogens is 761 g/mol. The summed E-state index contributed by atoms with van der Waals surface area (Å²) in [6.45, 7) is 4.77. The molecule has 9 aromatic carbocycles. The minimum absolute atomic E-state index is 0.144. The minimum atomic E-state index is -0.144. The first-order valence-corrected chi connectivity index (χ1v) is 22.9. The van der Waals surface area contributed by atoms with Crippen LogP contribution in [0.5, 0.6) is 0 Å². The van der Waals surface area contributed by atoms with E-state index in [1.54, 1.807) is 0 Å². The number of fused-ring (bicyclic) bond motifs is 7. The molecule has 0 atom stereocenters. The van der Waals surface area contributed by atoms with Gasteiger partial charge in [0.15, 0.2) is 0 Å². The van der Waals surface area contributed by atoms with E-state index in [1.807, 2.05) is 0 Å². The molecule has 1 aromatic heterocycles. The highest BCUT2D eigenvalue weighted by molar-refractivity contribution is 6.11. The Morgan fingerprint density at radius 2 is 1.10 bits per heavy atom. The fourth-order valence-corrected chi connectivity index (χ4v) is 11.4. The van der Waals surface area contributed by atoms with E-state index in [2.05, 4.69) is 224 Å². The molecule has 1 fully saturated rings. The van der Waals surface area contributed by atoms with Gasteiger partial charge in [-0.05, 0) is 123 Å².